The minimum atomic E-state index is -0.771. The van der Waals surface area contributed by atoms with Crippen molar-refractivity contribution >= 4 is 0 Å². The van der Waals surface area contributed by atoms with Crippen molar-refractivity contribution in [3.8, 4) is 5.75 Å². The average molecular weight is 234 g/mol. The van der Waals surface area contributed by atoms with Gasteiger partial charge in [0, 0.05) is 5.56 Å². The fourth-order valence-electron chi connectivity index (χ4n) is 2.26. The van der Waals surface area contributed by atoms with Crippen LogP contribution in [0.15, 0.2) is 24.3 Å². The molecule has 1 N–H and O–H groups in total. The summed E-state index contributed by atoms with van der Waals surface area (Å²) in [7, 11) is 0. The molecule has 0 amide bonds. The summed E-state index contributed by atoms with van der Waals surface area (Å²) in [5.41, 5.74) is 0.146. The maximum Gasteiger partial charge on any atom is 0.125 e. The van der Waals surface area contributed by atoms with E-state index < -0.39 is 5.60 Å². The lowest BCUT2D eigenvalue weighted by Gasteiger charge is -2.27. The van der Waals surface area contributed by atoms with Gasteiger partial charge in [0.25, 0.3) is 0 Å². The van der Waals surface area contributed by atoms with Gasteiger partial charge in [0.15, 0.2) is 0 Å². The lowest BCUT2D eigenvalue weighted by molar-refractivity contribution is 0.0376. The third kappa shape index (κ3) is 3.22. The van der Waals surface area contributed by atoms with E-state index in [4.69, 9.17) is 4.74 Å². The van der Waals surface area contributed by atoms with Crippen LogP contribution >= 0.6 is 0 Å². The summed E-state index contributed by atoms with van der Waals surface area (Å²) in [4.78, 5) is 0. The standard InChI is InChI=1S/C15H22O2/c1-11(2)17-14-7-5-4-6-13(14)15(3,16)10-12-8-9-12/h4-7,11-12,16H,8-10H2,1-3H3. The van der Waals surface area contributed by atoms with Gasteiger partial charge in [-0.3, -0.25) is 0 Å². The first kappa shape index (κ1) is 12.4. The van der Waals surface area contributed by atoms with Crippen molar-refractivity contribution in [2.45, 2.75) is 51.7 Å². The van der Waals surface area contributed by atoms with Crippen LogP contribution in [0.5, 0.6) is 5.75 Å². The van der Waals surface area contributed by atoms with Gasteiger partial charge in [-0.1, -0.05) is 31.0 Å². The number of hydrogen-bond acceptors (Lipinski definition) is 2. The molecule has 17 heavy (non-hydrogen) atoms. The first-order valence-electron chi connectivity index (χ1n) is 6.47. The number of ether oxygens (including phenoxy) is 1. The van der Waals surface area contributed by atoms with Gasteiger partial charge in [-0.15, -0.1) is 0 Å². The summed E-state index contributed by atoms with van der Waals surface area (Å²) in [6.45, 7) is 5.91. The summed E-state index contributed by atoms with van der Waals surface area (Å²) < 4.78 is 5.77. The Kier molecular flexibility index (Phi) is 3.43. The van der Waals surface area contributed by atoms with Crippen molar-refractivity contribution in [1.82, 2.24) is 0 Å². The molecule has 0 aliphatic heterocycles. The zero-order valence-electron chi connectivity index (χ0n) is 10.9. The van der Waals surface area contributed by atoms with Gasteiger partial charge in [0.05, 0.1) is 11.7 Å². The van der Waals surface area contributed by atoms with Gasteiger partial charge in [-0.25, -0.2) is 0 Å². The van der Waals surface area contributed by atoms with Crippen LogP contribution < -0.4 is 4.74 Å². The second-order valence-electron chi connectivity index (χ2n) is 5.58. The SMILES string of the molecule is CC(C)Oc1ccccc1C(C)(O)CC1CC1. The molecule has 1 aromatic rings. The van der Waals surface area contributed by atoms with Crippen molar-refractivity contribution in [3.05, 3.63) is 29.8 Å². The molecule has 2 heteroatoms. The van der Waals surface area contributed by atoms with Crippen molar-refractivity contribution in [2.75, 3.05) is 0 Å². The minimum absolute atomic E-state index is 0.132. The first-order valence-corrected chi connectivity index (χ1v) is 6.47. The van der Waals surface area contributed by atoms with E-state index in [2.05, 4.69) is 0 Å². The largest absolute Gasteiger partial charge is 0.491 e. The van der Waals surface area contributed by atoms with Gasteiger partial charge >= 0.3 is 0 Å². The predicted octanol–water partition coefficient (Wildman–Crippen LogP) is 3.48. The van der Waals surface area contributed by atoms with Crippen molar-refractivity contribution in [3.63, 3.8) is 0 Å². The van der Waals surface area contributed by atoms with Gasteiger partial charge in [0.1, 0.15) is 5.75 Å². The fourth-order valence-corrected chi connectivity index (χ4v) is 2.26. The van der Waals surface area contributed by atoms with E-state index >= 15 is 0 Å². The highest BCUT2D eigenvalue weighted by Crippen LogP contribution is 2.42. The van der Waals surface area contributed by atoms with Crippen LogP contribution in [0.3, 0.4) is 0 Å². The molecule has 0 spiro atoms. The number of rotatable bonds is 5. The monoisotopic (exact) mass is 234 g/mol. The molecule has 2 rings (SSSR count). The first-order chi connectivity index (χ1) is 7.99. The molecular formula is C15H22O2. The van der Waals surface area contributed by atoms with Crippen LogP contribution in [0.1, 0.15) is 45.6 Å². The molecule has 1 unspecified atom stereocenters. The van der Waals surface area contributed by atoms with E-state index in [1.54, 1.807) is 0 Å². The fraction of sp³-hybridized carbons (Fsp3) is 0.600. The average Bonchev–Trinajstić information content (AvgIpc) is 3.00. The van der Waals surface area contributed by atoms with Gasteiger partial charge < -0.3 is 9.84 Å². The number of benzene rings is 1. The Hall–Kier alpha value is -1.02. The number of para-hydroxylation sites is 1. The Morgan fingerprint density at radius 2 is 2.00 bits per heavy atom. The lowest BCUT2D eigenvalue weighted by Crippen LogP contribution is -2.23. The molecule has 0 radical (unpaired) electrons. The second kappa shape index (κ2) is 4.69. The van der Waals surface area contributed by atoms with Crippen LogP contribution in [0.25, 0.3) is 0 Å². The molecular weight excluding hydrogens is 212 g/mol. The van der Waals surface area contributed by atoms with E-state index in [1.165, 1.54) is 12.8 Å². The molecule has 2 nitrogen and oxygen atoms in total. The lowest BCUT2D eigenvalue weighted by atomic mass is 9.89. The summed E-state index contributed by atoms with van der Waals surface area (Å²) >= 11 is 0. The minimum Gasteiger partial charge on any atom is -0.491 e. The number of aliphatic hydroxyl groups is 1. The summed E-state index contributed by atoms with van der Waals surface area (Å²) in [5, 5.41) is 10.6. The molecule has 0 heterocycles. The van der Waals surface area contributed by atoms with E-state index in [1.807, 2.05) is 45.0 Å². The van der Waals surface area contributed by atoms with Crippen molar-refractivity contribution in [1.29, 1.82) is 0 Å². The maximum absolute atomic E-state index is 10.6. The Balaban J connectivity index is 2.22. The quantitative estimate of drug-likeness (QED) is 0.845. The highest BCUT2D eigenvalue weighted by Gasteiger charge is 2.34. The molecule has 1 fully saturated rings. The Bertz CT molecular complexity index is 378. The van der Waals surface area contributed by atoms with Crippen LogP contribution in [0, 0.1) is 5.92 Å². The van der Waals surface area contributed by atoms with Crippen molar-refractivity contribution in [2.24, 2.45) is 5.92 Å². The molecule has 1 aliphatic rings. The zero-order valence-corrected chi connectivity index (χ0v) is 10.9. The van der Waals surface area contributed by atoms with Crippen LogP contribution in [-0.2, 0) is 5.60 Å². The molecule has 94 valence electrons. The van der Waals surface area contributed by atoms with E-state index in [0.717, 1.165) is 17.7 Å². The van der Waals surface area contributed by atoms with Crippen LogP contribution in [0.2, 0.25) is 0 Å². The third-order valence-corrected chi connectivity index (χ3v) is 3.21. The van der Waals surface area contributed by atoms with Crippen LogP contribution in [0.4, 0.5) is 0 Å². The van der Waals surface area contributed by atoms with Crippen LogP contribution in [-0.4, -0.2) is 11.2 Å². The third-order valence-electron chi connectivity index (χ3n) is 3.21. The van der Waals surface area contributed by atoms with E-state index in [-0.39, 0.29) is 6.10 Å². The molecule has 0 saturated heterocycles. The molecule has 1 saturated carbocycles. The molecule has 0 aromatic heterocycles. The molecule has 1 aliphatic carbocycles. The van der Waals surface area contributed by atoms with Crippen molar-refractivity contribution < 1.29 is 9.84 Å². The number of hydrogen-bond donors (Lipinski definition) is 1. The normalized spacial score (nSPS) is 19.1. The zero-order chi connectivity index (χ0) is 12.5. The molecule has 1 aromatic carbocycles. The summed E-state index contributed by atoms with van der Waals surface area (Å²) in [6, 6.07) is 7.83. The topological polar surface area (TPSA) is 29.5 Å². The van der Waals surface area contributed by atoms with Gasteiger partial charge in [-0.2, -0.15) is 0 Å². The summed E-state index contributed by atoms with van der Waals surface area (Å²) in [5.74, 6) is 1.50. The highest BCUT2D eigenvalue weighted by atomic mass is 16.5. The molecule has 1 atom stereocenters. The predicted molar refractivity (Wildman–Crippen MR) is 69.1 cm³/mol. The Morgan fingerprint density at radius 3 is 2.59 bits per heavy atom. The Labute approximate surface area is 104 Å². The Morgan fingerprint density at radius 1 is 1.35 bits per heavy atom. The highest BCUT2D eigenvalue weighted by molar-refractivity contribution is 5.37. The smallest absolute Gasteiger partial charge is 0.125 e. The van der Waals surface area contributed by atoms with Gasteiger partial charge in [0.2, 0.25) is 0 Å². The van der Waals surface area contributed by atoms with E-state index in [0.29, 0.717) is 5.92 Å². The van der Waals surface area contributed by atoms with Gasteiger partial charge in [-0.05, 0) is 39.2 Å². The van der Waals surface area contributed by atoms with E-state index in [9.17, 15) is 5.11 Å². The molecule has 0 bridgehead atoms. The summed E-state index contributed by atoms with van der Waals surface area (Å²) in [6.07, 6.45) is 3.48. The maximum atomic E-state index is 10.6. The second-order valence-corrected chi connectivity index (χ2v) is 5.58.